The van der Waals surface area contributed by atoms with Crippen LogP contribution in [0.1, 0.15) is 22.9 Å². The largest absolute Gasteiger partial charge is 0.480 e. The number of aromatic nitrogens is 2. The number of hydrogen-bond donors (Lipinski definition) is 1. The second kappa shape index (κ2) is 5.10. The number of aryl methyl sites for hydroxylation is 1. The van der Waals surface area contributed by atoms with E-state index in [1.54, 1.807) is 13.0 Å². The van der Waals surface area contributed by atoms with Crippen LogP contribution in [0.5, 0.6) is 5.88 Å². The maximum Gasteiger partial charge on any atom is 0.238 e. The van der Waals surface area contributed by atoms with E-state index in [0.717, 1.165) is 5.56 Å². The lowest BCUT2D eigenvalue weighted by Gasteiger charge is -2.15. The van der Waals surface area contributed by atoms with Crippen molar-refractivity contribution in [1.29, 1.82) is 0 Å². The van der Waals surface area contributed by atoms with Gasteiger partial charge in [0.1, 0.15) is 17.6 Å². The first-order valence-corrected chi connectivity index (χ1v) is 5.42. The first-order valence-electron chi connectivity index (χ1n) is 5.42. The van der Waals surface area contributed by atoms with E-state index in [-0.39, 0.29) is 11.6 Å². The number of ether oxygens (including phenoxy) is 1. The van der Waals surface area contributed by atoms with Gasteiger partial charge in [-0.1, -0.05) is 6.07 Å². The van der Waals surface area contributed by atoms with Crippen LogP contribution >= 0.6 is 0 Å². The lowest BCUT2D eigenvalue weighted by Crippen LogP contribution is -2.08. The van der Waals surface area contributed by atoms with Crippen molar-refractivity contribution in [3.05, 3.63) is 53.2 Å². The summed E-state index contributed by atoms with van der Waals surface area (Å²) in [5, 5.41) is 10.3. The summed E-state index contributed by atoms with van der Waals surface area (Å²) in [6.45, 7) is 1.79. The molecule has 0 fully saturated rings. The predicted octanol–water partition coefficient (Wildman–Crippen LogP) is 2.01. The number of benzene rings is 1. The third-order valence-electron chi connectivity index (χ3n) is 2.68. The predicted molar refractivity (Wildman–Crippen MR) is 63.8 cm³/mol. The standard InChI is InChI=1S/C13H13FN2O2/c1-8-3-4-9(14)7-10(8)12(17)11-13(18-2)16-6-5-15-11/h3-7,12,17H,1-2H3. The van der Waals surface area contributed by atoms with Crippen molar-refractivity contribution < 1.29 is 14.2 Å². The number of aliphatic hydroxyl groups excluding tert-OH is 1. The Morgan fingerprint density at radius 2 is 2.00 bits per heavy atom. The molecule has 4 nitrogen and oxygen atoms in total. The lowest BCUT2D eigenvalue weighted by molar-refractivity contribution is 0.206. The van der Waals surface area contributed by atoms with E-state index in [1.807, 2.05) is 0 Å². The quantitative estimate of drug-likeness (QED) is 0.902. The minimum atomic E-state index is -1.07. The molecule has 18 heavy (non-hydrogen) atoms. The summed E-state index contributed by atoms with van der Waals surface area (Å²) in [7, 11) is 1.44. The Kier molecular flexibility index (Phi) is 3.53. The molecular weight excluding hydrogens is 235 g/mol. The SMILES string of the molecule is COc1nccnc1C(O)c1cc(F)ccc1C. The van der Waals surface area contributed by atoms with E-state index in [0.29, 0.717) is 5.56 Å². The zero-order chi connectivity index (χ0) is 13.1. The van der Waals surface area contributed by atoms with Crippen LogP contribution in [-0.2, 0) is 0 Å². The molecule has 1 aromatic carbocycles. The maximum atomic E-state index is 13.2. The Hall–Kier alpha value is -2.01. The van der Waals surface area contributed by atoms with Gasteiger partial charge in [-0.25, -0.2) is 9.37 Å². The van der Waals surface area contributed by atoms with Gasteiger partial charge in [-0.2, -0.15) is 0 Å². The molecule has 1 unspecified atom stereocenters. The number of hydrogen-bond acceptors (Lipinski definition) is 4. The molecule has 0 aliphatic heterocycles. The fourth-order valence-corrected chi connectivity index (χ4v) is 1.73. The molecule has 0 aliphatic rings. The van der Waals surface area contributed by atoms with E-state index in [2.05, 4.69) is 9.97 Å². The highest BCUT2D eigenvalue weighted by atomic mass is 19.1. The average Bonchev–Trinajstić information content (AvgIpc) is 2.40. The average molecular weight is 248 g/mol. The molecule has 0 saturated carbocycles. The molecule has 0 bridgehead atoms. The van der Waals surface area contributed by atoms with Crippen molar-refractivity contribution >= 4 is 0 Å². The van der Waals surface area contributed by atoms with Gasteiger partial charge in [-0.3, -0.25) is 4.98 Å². The Morgan fingerprint density at radius 3 is 2.72 bits per heavy atom. The molecule has 0 aliphatic carbocycles. The minimum absolute atomic E-state index is 0.230. The van der Waals surface area contributed by atoms with Gasteiger partial charge < -0.3 is 9.84 Å². The zero-order valence-electron chi connectivity index (χ0n) is 10.1. The van der Waals surface area contributed by atoms with Crippen molar-refractivity contribution in [1.82, 2.24) is 9.97 Å². The molecule has 2 aromatic rings. The van der Waals surface area contributed by atoms with E-state index in [9.17, 15) is 9.50 Å². The van der Waals surface area contributed by atoms with Crippen LogP contribution < -0.4 is 4.74 Å². The van der Waals surface area contributed by atoms with Gasteiger partial charge in [0, 0.05) is 12.4 Å². The fourth-order valence-electron chi connectivity index (χ4n) is 1.73. The number of halogens is 1. The van der Waals surface area contributed by atoms with Gasteiger partial charge in [0.25, 0.3) is 0 Å². The normalized spacial score (nSPS) is 12.2. The molecule has 1 aromatic heterocycles. The number of methoxy groups -OCH3 is 1. The maximum absolute atomic E-state index is 13.2. The van der Waals surface area contributed by atoms with E-state index >= 15 is 0 Å². The topological polar surface area (TPSA) is 55.2 Å². The van der Waals surface area contributed by atoms with Crippen molar-refractivity contribution in [2.45, 2.75) is 13.0 Å². The molecule has 1 atom stereocenters. The third kappa shape index (κ3) is 2.31. The lowest BCUT2D eigenvalue weighted by atomic mass is 10.0. The minimum Gasteiger partial charge on any atom is -0.480 e. The van der Waals surface area contributed by atoms with Crippen LogP contribution in [0, 0.1) is 12.7 Å². The highest BCUT2D eigenvalue weighted by Crippen LogP contribution is 2.28. The van der Waals surface area contributed by atoms with Crippen LogP contribution in [0.15, 0.2) is 30.6 Å². The first kappa shape index (κ1) is 12.4. The second-order valence-corrected chi connectivity index (χ2v) is 3.85. The Labute approximate surface area is 104 Å². The van der Waals surface area contributed by atoms with Crippen LogP contribution in [0.4, 0.5) is 4.39 Å². The van der Waals surface area contributed by atoms with E-state index in [1.165, 1.54) is 31.6 Å². The summed E-state index contributed by atoms with van der Waals surface area (Å²) in [4.78, 5) is 7.99. The van der Waals surface area contributed by atoms with Gasteiger partial charge in [0.2, 0.25) is 5.88 Å². The van der Waals surface area contributed by atoms with Gasteiger partial charge in [0.15, 0.2) is 0 Å². The molecule has 5 heteroatoms. The summed E-state index contributed by atoms with van der Waals surface area (Å²) in [5.41, 5.74) is 1.50. The summed E-state index contributed by atoms with van der Waals surface area (Å²) in [5.74, 6) is -0.175. The summed E-state index contributed by atoms with van der Waals surface area (Å²) < 4.78 is 18.3. The smallest absolute Gasteiger partial charge is 0.238 e. The molecule has 0 spiro atoms. The molecule has 94 valence electrons. The van der Waals surface area contributed by atoms with Crippen LogP contribution in [-0.4, -0.2) is 22.2 Å². The summed E-state index contributed by atoms with van der Waals surface area (Å²) in [6, 6.07) is 4.24. The van der Waals surface area contributed by atoms with Gasteiger partial charge in [-0.05, 0) is 30.2 Å². The molecule has 0 radical (unpaired) electrons. The van der Waals surface area contributed by atoms with Crippen molar-refractivity contribution in [2.24, 2.45) is 0 Å². The molecule has 1 N–H and O–H groups in total. The van der Waals surface area contributed by atoms with Crippen LogP contribution in [0.3, 0.4) is 0 Å². The van der Waals surface area contributed by atoms with Crippen LogP contribution in [0.2, 0.25) is 0 Å². The molecular formula is C13H13FN2O2. The van der Waals surface area contributed by atoms with Gasteiger partial charge in [0.05, 0.1) is 7.11 Å². The van der Waals surface area contributed by atoms with Gasteiger partial charge >= 0.3 is 0 Å². The first-order chi connectivity index (χ1) is 8.63. The number of nitrogens with zero attached hydrogens (tertiary/aromatic N) is 2. The zero-order valence-corrected chi connectivity index (χ0v) is 10.1. The molecule has 0 saturated heterocycles. The van der Waals surface area contributed by atoms with E-state index < -0.39 is 11.9 Å². The summed E-state index contributed by atoms with van der Waals surface area (Å²) >= 11 is 0. The van der Waals surface area contributed by atoms with Crippen molar-refractivity contribution in [3.8, 4) is 5.88 Å². The number of rotatable bonds is 3. The monoisotopic (exact) mass is 248 g/mol. The Balaban J connectivity index is 2.47. The summed E-state index contributed by atoms with van der Waals surface area (Å²) in [6.07, 6.45) is 1.85. The van der Waals surface area contributed by atoms with Crippen molar-refractivity contribution in [3.63, 3.8) is 0 Å². The molecule has 2 rings (SSSR count). The van der Waals surface area contributed by atoms with Gasteiger partial charge in [-0.15, -0.1) is 0 Å². The fraction of sp³-hybridized carbons (Fsp3) is 0.231. The Morgan fingerprint density at radius 1 is 1.28 bits per heavy atom. The second-order valence-electron chi connectivity index (χ2n) is 3.85. The van der Waals surface area contributed by atoms with E-state index in [4.69, 9.17) is 4.74 Å². The molecule has 1 heterocycles. The Bertz CT molecular complexity index is 560. The highest BCUT2D eigenvalue weighted by Gasteiger charge is 2.20. The van der Waals surface area contributed by atoms with Crippen LogP contribution in [0.25, 0.3) is 0 Å². The third-order valence-corrected chi connectivity index (χ3v) is 2.68. The molecule has 0 amide bonds. The highest BCUT2D eigenvalue weighted by molar-refractivity contribution is 5.36. The number of aliphatic hydroxyl groups is 1. The van der Waals surface area contributed by atoms with Crippen molar-refractivity contribution in [2.75, 3.05) is 7.11 Å².